The van der Waals surface area contributed by atoms with Crippen LogP contribution in [0.2, 0.25) is 0 Å². The van der Waals surface area contributed by atoms with Gasteiger partial charge in [0, 0.05) is 43.8 Å². The molecule has 2 N–H and O–H groups in total. The maximum atomic E-state index is 12.7. The lowest BCUT2D eigenvalue weighted by atomic mass is 10.2. The van der Waals surface area contributed by atoms with Crippen molar-refractivity contribution in [3.63, 3.8) is 0 Å². The number of sulfonamides is 1. The van der Waals surface area contributed by atoms with Crippen LogP contribution in [0.4, 0.5) is 11.5 Å². The van der Waals surface area contributed by atoms with Gasteiger partial charge in [-0.15, -0.1) is 5.10 Å². The van der Waals surface area contributed by atoms with Crippen LogP contribution in [0.5, 0.6) is 0 Å². The van der Waals surface area contributed by atoms with E-state index < -0.39 is 10.0 Å². The molecule has 0 saturated carbocycles. The molecule has 152 valence electrons. The van der Waals surface area contributed by atoms with E-state index in [0.29, 0.717) is 31.1 Å². The molecule has 0 atom stereocenters. The summed E-state index contributed by atoms with van der Waals surface area (Å²) in [6.07, 6.45) is 3.30. The van der Waals surface area contributed by atoms with Gasteiger partial charge in [-0.2, -0.15) is 5.10 Å². The minimum absolute atomic E-state index is 0.171. The maximum absolute atomic E-state index is 12.7. The highest BCUT2D eigenvalue weighted by atomic mass is 32.2. The van der Waals surface area contributed by atoms with Crippen molar-refractivity contribution in [1.29, 1.82) is 0 Å². The number of pyridine rings is 1. The number of fused-ring (bicyclic) bond motifs is 1. The Morgan fingerprint density at radius 1 is 1.10 bits per heavy atom. The van der Waals surface area contributed by atoms with Crippen LogP contribution in [-0.4, -0.2) is 63.0 Å². The lowest BCUT2D eigenvalue weighted by Crippen LogP contribution is -2.36. The van der Waals surface area contributed by atoms with E-state index in [1.807, 2.05) is 18.2 Å². The highest BCUT2D eigenvalue weighted by Gasteiger charge is 2.17. The third-order valence-corrected chi connectivity index (χ3v) is 6.12. The lowest BCUT2D eigenvalue weighted by molar-refractivity contribution is 0.122. The number of para-hydroxylation sites is 1. The zero-order valence-electron chi connectivity index (χ0n) is 15.8. The Labute approximate surface area is 169 Å². The van der Waals surface area contributed by atoms with Gasteiger partial charge in [0.25, 0.3) is 0 Å². The van der Waals surface area contributed by atoms with E-state index in [4.69, 9.17) is 4.74 Å². The summed E-state index contributed by atoms with van der Waals surface area (Å²) in [6.45, 7) is 3.58. The van der Waals surface area contributed by atoms with E-state index in [9.17, 15) is 8.42 Å². The van der Waals surface area contributed by atoms with Gasteiger partial charge in [-0.1, -0.05) is 18.2 Å². The average Bonchev–Trinajstić information content (AvgIpc) is 2.77. The molecule has 29 heavy (non-hydrogen) atoms. The Kier molecular flexibility index (Phi) is 5.84. The van der Waals surface area contributed by atoms with Crippen LogP contribution in [0, 0.1) is 0 Å². The summed E-state index contributed by atoms with van der Waals surface area (Å²) in [7, 11) is -3.68. The second-order valence-electron chi connectivity index (χ2n) is 6.55. The SMILES string of the molecule is O=S(=O)(NCCNc1cc(N2CCOCC2)cnn1)c1cccc2cccnc12. The molecule has 0 bridgehead atoms. The molecule has 0 aliphatic carbocycles. The molecule has 2 aromatic heterocycles. The smallest absolute Gasteiger partial charge is 0.242 e. The largest absolute Gasteiger partial charge is 0.378 e. The van der Waals surface area contributed by atoms with Gasteiger partial charge >= 0.3 is 0 Å². The molecule has 0 unspecified atom stereocenters. The van der Waals surface area contributed by atoms with Crippen LogP contribution >= 0.6 is 0 Å². The molecule has 1 fully saturated rings. The van der Waals surface area contributed by atoms with E-state index in [2.05, 4.69) is 30.1 Å². The van der Waals surface area contributed by atoms with E-state index in [1.165, 1.54) is 0 Å². The zero-order chi connectivity index (χ0) is 20.1. The third kappa shape index (κ3) is 4.61. The molecule has 3 aromatic rings. The number of nitrogens with one attached hydrogen (secondary N) is 2. The first-order chi connectivity index (χ1) is 14.1. The van der Waals surface area contributed by atoms with Crippen molar-refractivity contribution in [1.82, 2.24) is 19.9 Å². The fourth-order valence-electron chi connectivity index (χ4n) is 3.18. The summed E-state index contributed by atoms with van der Waals surface area (Å²) in [6, 6.07) is 10.6. The van der Waals surface area contributed by atoms with Gasteiger partial charge in [0.2, 0.25) is 10.0 Å². The van der Waals surface area contributed by atoms with E-state index in [-0.39, 0.29) is 11.4 Å². The predicted molar refractivity (Wildman–Crippen MR) is 110 cm³/mol. The van der Waals surface area contributed by atoms with Crippen LogP contribution in [0.1, 0.15) is 0 Å². The van der Waals surface area contributed by atoms with Crippen molar-refractivity contribution < 1.29 is 13.2 Å². The summed E-state index contributed by atoms with van der Waals surface area (Å²) in [5.74, 6) is 0.597. The van der Waals surface area contributed by atoms with Gasteiger partial charge in [-0.3, -0.25) is 4.98 Å². The van der Waals surface area contributed by atoms with Crippen LogP contribution < -0.4 is 14.9 Å². The first-order valence-electron chi connectivity index (χ1n) is 9.36. The second kappa shape index (κ2) is 8.68. The summed E-state index contributed by atoms with van der Waals surface area (Å²) < 4.78 is 33.4. The molecule has 1 aliphatic heterocycles. The first kappa shape index (κ1) is 19.5. The fraction of sp³-hybridized carbons (Fsp3) is 0.316. The second-order valence-corrected chi connectivity index (χ2v) is 8.29. The number of ether oxygens (including phenoxy) is 1. The number of anilines is 2. The average molecular weight is 414 g/mol. The Bertz CT molecular complexity index is 1080. The van der Waals surface area contributed by atoms with Crippen molar-refractivity contribution >= 4 is 32.4 Å². The molecular formula is C19H22N6O3S. The number of rotatable bonds is 7. The number of hydrogen-bond donors (Lipinski definition) is 2. The highest BCUT2D eigenvalue weighted by molar-refractivity contribution is 7.89. The van der Waals surface area contributed by atoms with Crippen LogP contribution in [0.25, 0.3) is 10.9 Å². The molecule has 1 aliphatic rings. The first-order valence-corrected chi connectivity index (χ1v) is 10.8. The Hall–Kier alpha value is -2.82. The van der Waals surface area contributed by atoms with E-state index in [0.717, 1.165) is 24.2 Å². The van der Waals surface area contributed by atoms with Gasteiger partial charge in [0.1, 0.15) is 4.90 Å². The highest BCUT2D eigenvalue weighted by Crippen LogP contribution is 2.20. The number of nitrogens with zero attached hydrogens (tertiary/aromatic N) is 4. The number of morpholine rings is 1. The monoisotopic (exact) mass is 414 g/mol. The Morgan fingerprint density at radius 2 is 1.93 bits per heavy atom. The quantitative estimate of drug-likeness (QED) is 0.556. The fourth-order valence-corrected chi connectivity index (χ4v) is 4.39. The van der Waals surface area contributed by atoms with Crippen LogP contribution in [-0.2, 0) is 14.8 Å². The van der Waals surface area contributed by atoms with Gasteiger partial charge in [-0.05, 0) is 12.1 Å². The van der Waals surface area contributed by atoms with Crippen molar-refractivity contribution in [2.24, 2.45) is 0 Å². The minimum Gasteiger partial charge on any atom is -0.378 e. The molecule has 9 nitrogen and oxygen atoms in total. The molecule has 0 spiro atoms. The number of benzene rings is 1. The topological polar surface area (TPSA) is 109 Å². The van der Waals surface area contributed by atoms with Crippen LogP contribution in [0.15, 0.2) is 53.7 Å². The summed E-state index contributed by atoms with van der Waals surface area (Å²) >= 11 is 0. The van der Waals surface area contributed by atoms with Crippen molar-refractivity contribution in [3.8, 4) is 0 Å². The summed E-state index contributed by atoms with van der Waals surface area (Å²) in [4.78, 5) is 6.56. The zero-order valence-corrected chi connectivity index (χ0v) is 16.6. The molecule has 1 saturated heterocycles. The number of hydrogen-bond acceptors (Lipinski definition) is 8. The summed E-state index contributed by atoms with van der Waals surface area (Å²) in [5, 5.41) is 12.0. The van der Waals surface area contributed by atoms with E-state index >= 15 is 0 Å². The number of aromatic nitrogens is 3. The van der Waals surface area contributed by atoms with Gasteiger partial charge in [-0.25, -0.2) is 13.1 Å². The van der Waals surface area contributed by atoms with Crippen molar-refractivity contribution in [2.45, 2.75) is 4.90 Å². The molecule has 10 heteroatoms. The summed E-state index contributed by atoms with van der Waals surface area (Å²) in [5.41, 5.74) is 1.42. The molecule has 4 rings (SSSR count). The Morgan fingerprint density at radius 3 is 2.79 bits per heavy atom. The Balaban J connectivity index is 1.36. The van der Waals surface area contributed by atoms with Gasteiger partial charge < -0.3 is 15.0 Å². The standard InChI is InChI=1S/C19H22N6O3S/c26-29(27,17-5-1-3-15-4-2-6-21-19(15)17)23-8-7-20-18-13-16(14-22-24-18)25-9-11-28-12-10-25/h1-6,13-14,23H,7-12H2,(H,20,24). The lowest BCUT2D eigenvalue weighted by Gasteiger charge is -2.28. The van der Waals surface area contributed by atoms with Gasteiger partial charge in [0.05, 0.1) is 30.6 Å². The van der Waals surface area contributed by atoms with Crippen LogP contribution in [0.3, 0.4) is 0 Å². The third-order valence-electron chi connectivity index (χ3n) is 4.62. The molecule has 1 aromatic carbocycles. The molecular weight excluding hydrogens is 392 g/mol. The van der Waals surface area contributed by atoms with Crippen molar-refractivity contribution in [2.75, 3.05) is 49.6 Å². The van der Waals surface area contributed by atoms with Gasteiger partial charge in [0.15, 0.2) is 5.82 Å². The predicted octanol–water partition coefficient (Wildman–Crippen LogP) is 1.25. The van der Waals surface area contributed by atoms with Crippen molar-refractivity contribution in [3.05, 3.63) is 48.8 Å². The normalized spacial score (nSPS) is 14.8. The molecule has 3 heterocycles. The maximum Gasteiger partial charge on any atom is 0.242 e. The minimum atomic E-state index is -3.68. The molecule has 0 radical (unpaired) electrons. The van der Waals surface area contributed by atoms with E-state index in [1.54, 1.807) is 30.6 Å². The molecule has 0 amide bonds.